The second kappa shape index (κ2) is 4.45. The number of fused-ring (bicyclic) bond motifs is 2. The minimum absolute atomic E-state index is 0.295. The molecule has 2 aliphatic rings. The summed E-state index contributed by atoms with van der Waals surface area (Å²) in [6.45, 7) is 0.792. The van der Waals surface area contributed by atoms with Crippen molar-refractivity contribution in [2.24, 2.45) is 0 Å². The summed E-state index contributed by atoms with van der Waals surface area (Å²) in [5.74, 6) is 0.611. The molecule has 2 aliphatic heterocycles. The maximum absolute atomic E-state index is 11.9. The number of amides is 1. The second-order valence-electron chi connectivity index (χ2n) is 5.65. The summed E-state index contributed by atoms with van der Waals surface area (Å²) in [6, 6.07) is 2.40. The van der Waals surface area contributed by atoms with E-state index in [1.54, 1.807) is 6.20 Å². The molecule has 2 aromatic heterocycles. The molecule has 0 aromatic carbocycles. The Morgan fingerprint density at radius 1 is 1.35 bits per heavy atom. The summed E-state index contributed by atoms with van der Waals surface area (Å²) in [4.78, 5) is 18.0. The lowest BCUT2D eigenvalue weighted by Gasteiger charge is -2.34. The topological polar surface area (TPSA) is 61.9 Å². The normalized spacial score (nSPS) is 26.2. The molecule has 6 heteroatoms. The lowest BCUT2D eigenvalue weighted by atomic mass is 9.90. The van der Waals surface area contributed by atoms with Gasteiger partial charge in [0.1, 0.15) is 5.52 Å². The van der Waals surface area contributed by atoms with Crippen LogP contribution in [0.25, 0.3) is 10.9 Å². The zero-order valence-corrected chi connectivity index (χ0v) is 11.7. The van der Waals surface area contributed by atoms with Crippen LogP contribution in [0.15, 0.2) is 12.3 Å². The molecular weight excluding hydrogens is 276 g/mol. The third-order valence-electron chi connectivity index (χ3n) is 4.58. The first kappa shape index (κ1) is 12.1. The Morgan fingerprint density at radius 2 is 2.25 bits per heavy atom. The average molecular weight is 291 g/mol. The number of pyridine rings is 1. The molecule has 104 valence electrons. The highest BCUT2D eigenvalue weighted by Gasteiger charge is 2.37. The van der Waals surface area contributed by atoms with Gasteiger partial charge in [-0.15, -0.1) is 0 Å². The molecule has 4 rings (SSSR count). The van der Waals surface area contributed by atoms with Crippen LogP contribution in [0.5, 0.6) is 0 Å². The predicted octanol–water partition coefficient (Wildman–Crippen LogP) is 2.48. The summed E-state index contributed by atoms with van der Waals surface area (Å²) < 4.78 is 0. The molecule has 2 saturated heterocycles. The van der Waals surface area contributed by atoms with Gasteiger partial charge in [-0.05, 0) is 25.3 Å². The maximum atomic E-state index is 11.9. The van der Waals surface area contributed by atoms with E-state index in [4.69, 9.17) is 11.6 Å². The van der Waals surface area contributed by atoms with E-state index in [0.29, 0.717) is 29.4 Å². The largest absolute Gasteiger partial charge is 0.339 e. The van der Waals surface area contributed by atoms with Crippen LogP contribution in [-0.2, 0) is 4.79 Å². The van der Waals surface area contributed by atoms with Gasteiger partial charge in [-0.1, -0.05) is 11.6 Å². The Balaban J connectivity index is 1.70. The molecule has 0 bridgehead atoms. The van der Waals surface area contributed by atoms with Crippen LogP contribution in [-0.4, -0.2) is 38.6 Å². The summed E-state index contributed by atoms with van der Waals surface area (Å²) >= 11 is 6.06. The van der Waals surface area contributed by atoms with Crippen LogP contribution < -0.4 is 0 Å². The zero-order valence-electron chi connectivity index (χ0n) is 11.0. The summed E-state index contributed by atoms with van der Waals surface area (Å²) in [5.41, 5.74) is 1.81. The molecule has 4 heterocycles. The van der Waals surface area contributed by atoms with Gasteiger partial charge < -0.3 is 4.90 Å². The molecule has 1 amide bonds. The second-order valence-corrected chi connectivity index (χ2v) is 6.01. The first-order valence-electron chi connectivity index (χ1n) is 7.02. The smallest absolute Gasteiger partial charge is 0.222 e. The lowest BCUT2D eigenvalue weighted by Crippen LogP contribution is -2.40. The van der Waals surface area contributed by atoms with Crippen molar-refractivity contribution in [3.05, 3.63) is 23.1 Å². The summed E-state index contributed by atoms with van der Waals surface area (Å²) in [6.07, 6.45) is 5.60. The number of hydrogen-bond donors (Lipinski definition) is 1. The Hall–Kier alpha value is -1.62. The molecule has 0 aliphatic carbocycles. The van der Waals surface area contributed by atoms with E-state index < -0.39 is 0 Å². The van der Waals surface area contributed by atoms with Crippen LogP contribution in [0, 0.1) is 0 Å². The standard InChI is InChI=1S/C14H15ClN4O/c15-14-13-10(5-6-16-14)12(17-18-13)8-1-2-9-3-4-11(20)19(9)7-8/h5-6,8-9H,1-4,7H2,(H,17,18). The highest BCUT2D eigenvalue weighted by molar-refractivity contribution is 6.33. The van der Waals surface area contributed by atoms with Crippen molar-refractivity contribution in [1.29, 1.82) is 0 Å². The van der Waals surface area contributed by atoms with Crippen molar-refractivity contribution >= 4 is 28.4 Å². The molecule has 0 radical (unpaired) electrons. The van der Waals surface area contributed by atoms with Crippen LogP contribution in [0.1, 0.15) is 37.3 Å². The number of nitrogens with zero attached hydrogens (tertiary/aromatic N) is 3. The fourth-order valence-electron chi connectivity index (χ4n) is 3.54. The van der Waals surface area contributed by atoms with Gasteiger partial charge in [0.05, 0.1) is 0 Å². The summed E-state index contributed by atoms with van der Waals surface area (Å²) in [7, 11) is 0. The number of rotatable bonds is 1. The van der Waals surface area contributed by atoms with Crippen molar-refractivity contribution in [3.8, 4) is 0 Å². The van der Waals surface area contributed by atoms with Crippen molar-refractivity contribution in [2.75, 3.05) is 6.54 Å². The van der Waals surface area contributed by atoms with Gasteiger partial charge in [0.2, 0.25) is 5.91 Å². The highest BCUT2D eigenvalue weighted by Crippen LogP contribution is 2.37. The molecule has 1 N–H and O–H groups in total. The number of carbonyl (C=O) groups excluding carboxylic acids is 1. The number of piperidine rings is 1. The fraction of sp³-hybridized carbons (Fsp3) is 0.500. The van der Waals surface area contributed by atoms with Crippen LogP contribution in [0.4, 0.5) is 0 Å². The Bertz CT molecular complexity index is 683. The monoisotopic (exact) mass is 290 g/mol. The Labute approximate surface area is 121 Å². The fourth-order valence-corrected chi connectivity index (χ4v) is 3.74. The average Bonchev–Trinajstić information content (AvgIpc) is 3.04. The number of halogens is 1. The number of nitrogens with one attached hydrogen (secondary N) is 1. The summed E-state index contributed by atoms with van der Waals surface area (Å²) in [5, 5.41) is 8.84. The minimum atomic E-state index is 0.295. The van der Waals surface area contributed by atoms with Crippen LogP contribution in [0.2, 0.25) is 5.15 Å². The molecule has 0 saturated carbocycles. The molecule has 2 unspecified atom stereocenters. The van der Waals surface area contributed by atoms with Crippen LogP contribution in [0.3, 0.4) is 0 Å². The first-order valence-corrected chi connectivity index (χ1v) is 7.40. The molecule has 2 fully saturated rings. The molecular formula is C14H15ClN4O. The van der Waals surface area contributed by atoms with Gasteiger partial charge >= 0.3 is 0 Å². The van der Waals surface area contributed by atoms with E-state index in [1.165, 1.54) is 0 Å². The third-order valence-corrected chi connectivity index (χ3v) is 4.86. The van der Waals surface area contributed by atoms with Gasteiger partial charge in [-0.2, -0.15) is 5.10 Å². The van der Waals surface area contributed by atoms with E-state index in [1.807, 2.05) is 11.0 Å². The quantitative estimate of drug-likeness (QED) is 0.821. The van der Waals surface area contributed by atoms with Crippen molar-refractivity contribution < 1.29 is 4.79 Å². The van der Waals surface area contributed by atoms with Gasteiger partial charge in [-0.3, -0.25) is 9.89 Å². The van der Waals surface area contributed by atoms with E-state index in [-0.39, 0.29) is 0 Å². The number of H-pyrrole nitrogens is 1. The van der Waals surface area contributed by atoms with E-state index in [2.05, 4.69) is 15.2 Å². The van der Waals surface area contributed by atoms with E-state index in [0.717, 1.165) is 42.4 Å². The SMILES string of the molecule is O=C1CCC2CCC(c3[nH]nc4c(Cl)nccc34)CN12. The molecule has 2 aromatic rings. The van der Waals surface area contributed by atoms with Crippen molar-refractivity contribution in [1.82, 2.24) is 20.1 Å². The molecule has 20 heavy (non-hydrogen) atoms. The van der Waals surface area contributed by atoms with Crippen LogP contribution >= 0.6 is 11.6 Å². The van der Waals surface area contributed by atoms with Gasteiger partial charge in [0, 0.05) is 42.2 Å². The van der Waals surface area contributed by atoms with Crippen molar-refractivity contribution in [3.63, 3.8) is 0 Å². The maximum Gasteiger partial charge on any atom is 0.222 e. The molecule has 2 atom stereocenters. The molecule has 5 nitrogen and oxygen atoms in total. The van der Waals surface area contributed by atoms with Gasteiger partial charge in [-0.25, -0.2) is 4.98 Å². The zero-order chi connectivity index (χ0) is 13.7. The highest BCUT2D eigenvalue weighted by atomic mass is 35.5. The van der Waals surface area contributed by atoms with Gasteiger partial charge in [0.15, 0.2) is 5.15 Å². The van der Waals surface area contributed by atoms with Crippen molar-refractivity contribution in [2.45, 2.75) is 37.6 Å². The van der Waals surface area contributed by atoms with E-state index >= 15 is 0 Å². The number of carbonyl (C=O) groups is 1. The number of aromatic nitrogens is 3. The Kier molecular flexibility index (Phi) is 2.70. The predicted molar refractivity (Wildman–Crippen MR) is 75.6 cm³/mol. The minimum Gasteiger partial charge on any atom is -0.339 e. The van der Waals surface area contributed by atoms with E-state index in [9.17, 15) is 4.79 Å². The first-order chi connectivity index (χ1) is 9.74. The lowest BCUT2D eigenvalue weighted by molar-refractivity contribution is -0.130. The number of aromatic amines is 1. The molecule has 0 spiro atoms. The third kappa shape index (κ3) is 1.73. The van der Waals surface area contributed by atoms with Gasteiger partial charge in [0.25, 0.3) is 0 Å². The Morgan fingerprint density at radius 3 is 3.15 bits per heavy atom. The number of hydrogen-bond acceptors (Lipinski definition) is 3.